The van der Waals surface area contributed by atoms with Gasteiger partial charge in [-0.3, -0.25) is 9.29 Å². The van der Waals surface area contributed by atoms with E-state index in [1.54, 1.807) is 0 Å². The molecule has 0 aliphatic carbocycles. The van der Waals surface area contributed by atoms with Crippen LogP contribution in [0.1, 0.15) is 18.4 Å². The van der Waals surface area contributed by atoms with E-state index in [-0.39, 0.29) is 6.67 Å². The van der Waals surface area contributed by atoms with Gasteiger partial charge in [0, 0.05) is 24.1 Å². The van der Waals surface area contributed by atoms with Crippen LogP contribution in [0.5, 0.6) is 0 Å². The van der Waals surface area contributed by atoms with Crippen LogP contribution in [0, 0.1) is 0 Å². The van der Waals surface area contributed by atoms with E-state index in [4.69, 9.17) is 0 Å². The summed E-state index contributed by atoms with van der Waals surface area (Å²) in [5, 5.41) is 0. The Morgan fingerprint density at radius 2 is 2.06 bits per heavy atom. The molecule has 0 N–H and O–H groups in total. The summed E-state index contributed by atoms with van der Waals surface area (Å²) in [7, 11) is 0. The number of benzene rings is 1. The highest BCUT2D eigenvalue weighted by atomic mass is 79.9. The molecule has 0 radical (unpaired) electrons. The molecule has 1 fully saturated rings. The summed E-state index contributed by atoms with van der Waals surface area (Å²) in [4.78, 5) is 2.32. The van der Waals surface area contributed by atoms with Gasteiger partial charge in [-0.15, -0.1) is 0 Å². The minimum absolute atomic E-state index is 0.206. The third kappa shape index (κ3) is 3.93. The molecular weight excluding hydrogens is 281 g/mol. The average Bonchev–Trinajstić information content (AvgIpc) is 2.77. The van der Waals surface area contributed by atoms with E-state index < -0.39 is 0 Å². The predicted octanol–water partition coefficient (Wildman–Crippen LogP) is 3.90. The van der Waals surface area contributed by atoms with Gasteiger partial charge in [0.25, 0.3) is 0 Å². The van der Waals surface area contributed by atoms with Crippen molar-refractivity contribution in [3.8, 4) is 0 Å². The van der Waals surface area contributed by atoms with Gasteiger partial charge in [-0.05, 0) is 30.5 Å². The lowest BCUT2D eigenvalue weighted by Gasteiger charge is -2.12. The Morgan fingerprint density at radius 1 is 1.29 bits per heavy atom. The smallest absolute Gasteiger partial charge is 0.0906 e. The van der Waals surface area contributed by atoms with Gasteiger partial charge >= 0.3 is 0 Å². The molecule has 1 saturated heterocycles. The van der Waals surface area contributed by atoms with E-state index in [1.165, 1.54) is 11.1 Å². The van der Waals surface area contributed by atoms with Crippen LogP contribution in [0.2, 0.25) is 0 Å². The molecule has 1 nitrogen and oxygen atoms in total. The minimum atomic E-state index is -0.206. The van der Waals surface area contributed by atoms with E-state index in [1.807, 2.05) is 0 Å². The van der Waals surface area contributed by atoms with E-state index >= 15 is 0 Å². The second-order valence-electron chi connectivity index (χ2n) is 4.42. The van der Waals surface area contributed by atoms with Gasteiger partial charge in [0.1, 0.15) is 0 Å². The number of rotatable bonds is 4. The lowest BCUT2D eigenvalue weighted by atomic mass is 10.1. The molecule has 2 rings (SSSR count). The lowest BCUT2D eigenvalue weighted by molar-refractivity contribution is 0.317. The van der Waals surface area contributed by atoms with Crippen molar-refractivity contribution in [1.82, 2.24) is 4.90 Å². The van der Waals surface area contributed by atoms with Gasteiger partial charge in [0.2, 0.25) is 0 Å². The third-order valence-corrected chi connectivity index (χ3v) is 3.55. The molecule has 0 aromatic heterocycles. The third-order valence-electron chi connectivity index (χ3n) is 3.02. The molecule has 1 aromatic carbocycles. The van der Waals surface area contributed by atoms with Crippen molar-refractivity contribution in [3.63, 3.8) is 0 Å². The van der Waals surface area contributed by atoms with Crippen molar-refractivity contribution in [2.75, 3.05) is 26.3 Å². The quantitative estimate of drug-likeness (QED) is 0.815. The second-order valence-corrected chi connectivity index (χ2v) is 5.34. The first-order chi connectivity index (χ1) is 8.28. The monoisotopic (exact) mass is 297 g/mol. The van der Waals surface area contributed by atoms with Crippen LogP contribution in [0.25, 0.3) is 6.08 Å². The van der Waals surface area contributed by atoms with Crippen molar-refractivity contribution >= 4 is 22.0 Å². The molecule has 0 atom stereocenters. The topological polar surface area (TPSA) is 3.24 Å². The first-order valence-electron chi connectivity index (χ1n) is 6.01. The molecule has 0 unspecified atom stereocenters. The van der Waals surface area contributed by atoms with Crippen molar-refractivity contribution in [2.45, 2.75) is 12.8 Å². The highest BCUT2D eigenvalue weighted by molar-refractivity contribution is 9.10. The zero-order valence-corrected chi connectivity index (χ0v) is 11.4. The van der Waals surface area contributed by atoms with Crippen LogP contribution >= 0.6 is 15.9 Å². The molecule has 1 aromatic rings. The zero-order valence-electron chi connectivity index (χ0n) is 9.83. The SMILES string of the molecule is FCCCN1CC/C(=C\c2ccc(Br)cc2)C1. The summed E-state index contributed by atoms with van der Waals surface area (Å²) in [5.41, 5.74) is 2.70. The van der Waals surface area contributed by atoms with E-state index in [2.05, 4.69) is 51.2 Å². The molecule has 17 heavy (non-hydrogen) atoms. The van der Waals surface area contributed by atoms with E-state index in [0.29, 0.717) is 6.42 Å². The Labute approximate surface area is 110 Å². The number of nitrogens with zero attached hydrogens (tertiary/aromatic N) is 1. The molecule has 1 heterocycles. The van der Waals surface area contributed by atoms with Crippen LogP contribution in [0.15, 0.2) is 34.3 Å². The van der Waals surface area contributed by atoms with Crippen molar-refractivity contribution in [2.24, 2.45) is 0 Å². The zero-order chi connectivity index (χ0) is 12.1. The summed E-state index contributed by atoms with van der Waals surface area (Å²) in [6.07, 6.45) is 4.02. The van der Waals surface area contributed by atoms with Crippen LogP contribution in [0.3, 0.4) is 0 Å². The molecule has 3 heteroatoms. The average molecular weight is 298 g/mol. The van der Waals surface area contributed by atoms with Crippen LogP contribution in [0.4, 0.5) is 4.39 Å². The van der Waals surface area contributed by atoms with Gasteiger partial charge in [0.15, 0.2) is 0 Å². The summed E-state index contributed by atoms with van der Waals surface area (Å²) in [5.74, 6) is 0. The summed E-state index contributed by atoms with van der Waals surface area (Å²) in [6.45, 7) is 2.74. The number of halogens is 2. The van der Waals surface area contributed by atoms with Gasteiger partial charge in [-0.25, -0.2) is 0 Å². The van der Waals surface area contributed by atoms with Crippen LogP contribution in [-0.4, -0.2) is 31.2 Å². The largest absolute Gasteiger partial charge is 0.299 e. The molecule has 0 bridgehead atoms. The standard InChI is InChI=1S/C14H17BrFN/c15-14-4-2-12(3-5-14)10-13-6-9-17(11-13)8-1-7-16/h2-5,10H,1,6-9,11H2/b13-10+. The second kappa shape index (κ2) is 6.31. The minimum Gasteiger partial charge on any atom is -0.299 e. The predicted molar refractivity (Wildman–Crippen MR) is 73.8 cm³/mol. The van der Waals surface area contributed by atoms with Gasteiger partial charge in [-0.1, -0.05) is 39.7 Å². The summed E-state index contributed by atoms with van der Waals surface area (Å²) in [6, 6.07) is 8.34. The van der Waals surface area contributed by atoms with E-state index in [9.17, 15) is 4.39 Å². The first kappa shape index (κ1) is 12.8. The molecule has 0 spiro atoms. The number of hydrogen-bond acceptors (Lipinski definition) is 1. The number of alkyl halides is 1. The Kier molecular flexibility index (Phi) is 4.75. The number of hydrogen-bond donors (Lipinski definition) is 0. The summed E-state index contributed by atoms with van der Waals surface area (Å²) < 4.78 is 13.2. The summed E-state index contributed by atoms with van der Waals surface area (Å²) >= 11 is 3.43. The maximum Gasteiger partial charge on any atom is 0.0906 e. The molecule has 0 saturated carbocycles. The highest BCUT2D eigenvalue weighted by Gasteiger charge is 2.15. The maximum absolute atomic E-state index is 12.1. The van der Waals surface area contributed by atoms with Gasteiger partial charge in [0.05, 0.1) is 6.67 Å². The van der Waals surface area contributed by atoms with Crippen LogP contribution < -0.4 is 0 Å². The fourth-order valence-electron chi connectivity index (χ4n) is 2.13. The Morgan fingerprint density at radius 3 is 2.76 bits per heavy atom. The van der Waals surface area contributed by atoms with Gasteiger partial charge < -0.3 is 0 Å². The first-order valence-corrected chi connectivity index (χ1v) is 6.80. The normalized spacial score (nSPS) is 19.1. The van der Waals surface area contributed by atoms with Crippen LogP contribution in [-0.2, 0) is 0 Å². The molecular formula is C14H17BrFN. The lowest BCUT2D eigenvalue weighted by Crippen LogP contribution is -2.20. The van der Waals surface area contributed by atoms with Crippen molar-refractivity contribution < 1.29 is 4.39 Å². The highest BCUT2D eigenvalue weighted by Crippen LogP contribution is 2.19. The number of likely N-dealkylation sites (tertiary alicyclic amines) is 1. The van der Waals surface area contributed by atoms with Gasteiger partial charge in [-0.2, -0.15) is 0 Å². The molecule has 1 aliphatic heterocycles. The molecule has 92 valence electrons. The fraction of sp³-hybridized carbons (Fsp3) is 0.429. The van der Waals surface area contributed by atoms with E-state index in [0.717, 1.165) is 30.5 Å². The Balaban J connectivity index is 1.93. The molecule has 1 aliphatic rings. The maximum atomic E-state index is 12.1. The fourth-order valence-corrected chi connectivity index (χ4v) is 2.40. The Hall–Kier alpha value is -0.670. The van der Waals surface area contributed by atoms with Crippen molar-refractivity contribution in [1.29, 1.82) is 0 Å². The van der Waals surface area contributed by atoms with Crippen molar-refractivity contribution in [3.05, 3.63) is 39.9 Å². The molecule has 0 amide bonds. The Bertz CT molecular complexity index is 386.